The van der Waals surface area contributed by atoms with Gasteiger partial charge in [-0.25, -0.2) is 4.68 Å². The number of benzene rings is 1. The Kier molecular flexibility index (Phi) is 4.92. The van der Waals surface area contributed by atoms with Crippen molar-refractivity contribution in [2.24, 2.45) is 0 Å². The number of hydrogen-bond donors (Lipinski definition) is 1. The zero-order valence-corrected chi connectivity index (χ0v) is 11.1. The molecule has 2 aromatic rings. The molecule has 0 saturated heterocycles. The lowest BCUT2D eigenvalue weighted by Crippen LogP contribution is -2.09. The number of hydrogen-bond acceptors (Lipinski definition) is 4. The van der Waals surface area contributed by atoms with Crippen molar-refractivity contribution in [2.45, 2.75) is 32.9 Å². The summed E-state index contributed by atoms with van der Waals surface area (Å²) in [4.78, 5) is 0. The Morgan fingerprint density at radius 3 is 2.74 bits per heavy atom. The molecule has 0 aliphatic rings. The lowest BCUT2D eigenvalue weighted by molar-refractivity contribution is 0.260. The second-order valence-electron chi connectivity index (χ2n) is 4.31. The van der Waals surface area contributed by atoms with Gasteiger partial charge in [0.15, 0.2) is 0 Å². The van der Waals surface area contributed by atoms with Gasteiger partial charge in [0, 0.05) is 13.0 Å². The van der Waals surface area contributed by atoms with Gasteiger partial charge in [-0.2, -0.15) is 0 Å². The normalized spacial score (nSPS) is 10.6. The first-order valence-electron chi connectivity index (χ1n) is 6.53. The van der Waals surface area contributed by atoms with Crippen LogP contribution in [0.2, 0.25) is 0 Å². The summed E-state index contributed by atoms with van der Waals surface area (Å²) in [7, 11) is 0. The molecule has 1 heterocycles. The highest BCUT2D eigenvalue weighted by Gasteiger charge is 2.02. The van der Waals surface area contributed by atoms with Crippen molar-refractivity contribution in [3.05, 3.63) is 41.7 Å². The molecular formula is C14H19N3O2. The van der Waals surface area contributed by atoms with Gasteiger partial charge in [-0.05, 0) is 24.1 Å². The molecule has 0 saturated carbocycles. The maximum atomic E-state index is 9.06. The van der Waals surface area contributed by atoms with Gasteiger partial charge < -0.3 is 9.84 Å². The Labute approximate surface area is 112 Å². The molecule has 0 radical (unpaired) electrons. The van der Waals surface area contributed by atoms with Gasteiger partial charge in [0.1, 0.15) is 5.75 Å². The molecule has 0 spiro atoms. The van der Waals surface area contributed by atoms with Crippen LogP contribution in [0, 0.1) is 0 Å². The van der Waals surface area contributed by atoms with Gasteiger partial charge in [0.25, 0.3) is 0 Å². The van der Waals surface area contributed by atoms with Crippen molar-refractivity contribution in [3.63, 3.8) is 0 Å². The Balaban J connectivity index is 1.74. The smallest absolute Gasteiger partial charge is 0.119 e. The molecule has 0 aliphatic heterocycles. The number of aliphatic hydroxyl groups excluding tert-OH is 1. The van der Waals surface area contributed by atoms with E-state index in [4.69, 9.17) is 9.84 Å². The zero-order chi connectivity index (χ0) is 13.5. The molecule has 1 aromatic carbocycles. The molecule has 0 atom stereocenters. The van der Waals surface area contributed by atoms with Gasteiger partial charge in [0.2, 0.25) is 0 Å². The van der Waals surface area contributed by atoms with Crippen molar-refractivity contribution in [1.29, 1.82) is 0 Å². The number of ether oxygens (including phenoxy) is 1. The number of nitrogens with zero attached hydrogens (tertiary/aromatic N) is 3. The van der Waals surface area contributed by atoms with Crippen LogP contribution < -0.4 is 4.74 Å². The van der Waals surface area contributed by atoms with Crippen molar-refractivity contribution in [3.8, 4) is 5.75 Å². The van der Waals surface area contributed by atoms with Crippen molar-refractivity contribution < 1.29 is 9.84 Å². The first-order chi connectivity index (χ1) is 9.33. The SMILES string of the molecule is CCc1ccc(OCCCn2nncc2CO)cc1. The standard InChI is InChI=1S/C14H19N3O2/c1-2-12-4-6-14(7-5-12)19-9-3-8-17-13(11-18)10-15-16-17/h4-7,10,18H,2-3,8-9,11H2,1H3. The summed E-state index contributed by atoms with van der Waals surface area (Å²) in [6.07, 6.45) is 3.44. The third-order valence-electron chi connectivity index (χ3n) is 2.97. The van der Waals surface area contributed by atoms with E-state index in [0.29, 0.717) is 13.2 Å². The predicted octanol–water partition coefficient (Wildman–Crippen LogP) is 1.80. The van der Waals surface area contributed by atoms with Crippen LogP contribution in [0.15, 0.2) is 30.5 Å². The van der Waals surface area contributed by atoms with Gasteiger partial charge in [-0.1, -0.05) is 24.3 Å². The van der Waals surface area contributed by atoms with Crippen LogP contribution >= 0.6 is 0 Å². The fraction of sp³-hybridized carbons (Fsp3) is 0.429. The fourth-order valence-electron chi connectivity index (χ4n) is 1.82. The molecule has 1 aromatic heterocycles. The highest BCUT2D eigenvalue weighted by molar-refractivity contribution is 5.27. The van der Waals surface area contributed by atoms with Crippen LogP contribution in [0.3, 0.4) is 0 Å². The Bertz CT molecular complexity index is 494. The molecular weight excluding hydrogens is 242 g/mol. The van der Waals surface area contributed by atoms with Crippen molar-refractivity contribution in [1.82, 2.24) is 15.0 Å². The molecule has 19 heavy (non-hydrogen) atoms. The molecule has 5 heteroatoms. The predicted molar refractivity (Wildman–Crippen MR) is 71.9 cm³/mol. The van der Waals surface area contributed by atoms with Crippen LogP contribution in [0.4, 0.5) is 0 Å². The molecule has 0 bridgehead atoms. The Morgan fingerprint density at radius 2 is 2.05 bits per heavy atom. The van der Waals surface area contributed by atoms with E-state index in [1.807, 2.05) is 12.1 Å². The second kappa shape index (κ2) is 6.89. The van der Waals surface area contributed by atoms with Crippen molar-refractivity contribution >= 4 is 0 Å². The lowest BCUT2D eigenvalue weighted by Gasteiger charge is -2.07. The zero-order valence-electron chi connectivity index (χ0n) is 11.1. The molecule has 1 N–H and O–H groups in total. The van der Waals surface area contributed by atoms with Gasteiger partial charge in [0.05, 0.1) is 25.1 Å². The largest absolute Gasteiger partial charge is 0.494 e. The van der Waals surface area contributed by atoms with Crippen molar-refractivity contribution in [2.75, 3.05) is 6.61 Å². The summed E-state index contributed by atoms with van der Waals surface area (Å²) < 4.78 is 7.35. The minimum atomic E-state index is -0.0354. The first kappa shape index (κ1) is 13.5. The summed E-state index contributed by atoms with van der Waals surface area (Å²) in [5, 5.41) is 16.7. The summed E-state index contributed by atoms with van der Waals surface area (Å²) in [5.74, 6) is 0.887. The summed E-state index contributed by atoms with van der Waals surface area (Å²) in [6, 6.07) is 8.15. The maximum absolute atomic E-state index is 9.06. The van der Waals surface area contributed by atoms with Crippen LogP contribution in [-0.2, 0) is 19.6 Å². The summed E-state index contributed by atoms with van der Waals surface area (Å²) >= 11 is 0. The average molecular weight is 261 g/mol. The van der Waals surface area contributed by atoms with E-state index in [2.05, 4.69) is 29.4 Å². The van der Waals surface area contributed by atoms with Crippen LogP contribution in [0.5, 0.6) is 5.75 Å². The molecule has 102 valence electrons. The summed E-state index contributed by atoms with van der Waals surface area (Å²) in [6.45, 7) is 3.41. The van der Waals surface area contributed by atoms with E-state index < -0.39 is 0 Å². The highest BCUT2D eigenvalue weighted by atomic mass is 16.5. The number of aromatic nitrogens is 3. The lowest BCUT2D eigenvalue weighted by atomic mass is 10.2. The first-order valence-corrected chi connectivity index (χ1v) is 6.53. The number of rotatable bonds is 7. The van der Waals surface area contributed by atoms with E-state index in [1.165, 1.54) is 5.56 Å². The number of aliphatic hydroxyl groups is 1. The van der Waals surface area contributed by atoms with E-state index in [-0.39, 0.29) is 6.61 Å². The second-order valence-corrected chi connectivity index (χ2v) is 4.31. The van der Waals surface area contributed by atoms with E-state index in [1.54, 1.807) is 10.9 Å². The van der Waals surface area contributed by atoms with Gasteiger partial charge >= 0.3 is 0 Å². The third kappa shape index (κ3) is 3.79. The van der Waals surface area contributed by atoms with Crippen LogP contribution in [0.1, 0.15) is 24.6 Å². The Hall–Kier alpha value is -1.88. The maximum Gasteiger partial charge on any atom is 0.119 e. The highest BCUT2D eigenvalue weighted by Crippen LogP contribution is 2.12. The molecule has 0 aliphatic carbocycles. The third-order valence-corrected chi connectivity index (χ3v) is 2.97. The topological polar surface area (TPSA) is 60.2 Å². The number of aryl methyl sites for hydroxylation is 2. The van der Waals surface area contributed by atoms with E-state index >= 15 is 0 Å². The minimum absolute atomic E-state index is 0.0354. The van der Waals surface area contributed by atoms with E-state index in [0.717, 1.165) is 24.3 Å². The van der Waals surface area contributed by atoms with Gasteiger partial charge in [-0.15, -0.1) is 5.10 Å². The molecule has 0 amide bonds. The minimum Gasteiger partial charge on any atom is -0.494 e. The molecule has 0 fully saturated rings. The summed E-state index contributed by atoms with van der Waals surface area (Å²) in [5.41, 5.74) is 2.04. The molecule has 5 nitrogen and oxygen atoms in total. The molecule has 2 rings (SSSR count). The molecule has 0 unspecified atom stereocenters. The van der Waals surface area contributed by atoms with E-state index in [9.17, 15) is 0 Å². The van der Waals surface area contributed by atoms with Gasteiger partial charge in [-0.3, -0.25) is 0 Å². The van der Waals surface area contributed by atoms with Crippen LogP contribution in [0.25, 0.3) is 0 Å². The quantitative estimate of drug-likeness (QED) is 0.772. The van der Waals surface area contributed by atoms with Crippen LogP contribution in [-0.4, -0.2) is 26.7 Å². The average Bonchev–Trinajstić information content (AvgIpc) is 2.91. The fourth-order valence-corrected chi connectivity index (χ4v) is 1.82. The monoisotopic (exact) mass is 261 g/mol. The Morgan fingerprint density at radius 1 is 1.26 bits per heavy atom.